The van der Waals surface area contributed by atoms with E-state index in [4.69, 9.17) is 23.8 Å². The van der Waals surface area contributed by atoms with Crippen molar-refractivity contribution < 1.29 is 8.83 Å². The van der Waals surface area contributed by atoms with Crippen molar-refractivity contribution in [2.75, 3.05) is 0 Å². The molecule has 0 unspecified atom stereocenters. The molecule has 0 atom stereocenters. The van der Waals surface area contributed by atoms with Gasteiger partial charge in [-0.25, -0.2) is 15.0 Å². The van der Waals surface area contributed by atoms with E-state index in [0.29, 0.717) is 17.5 Å². The number of rotatable bonds is 3. The van der Waals surface area contributed by atoms with Crippen molar-refractivity contribution in [2.24, 2.45) is 0 Å². The Morgan fingerprint density at radius 1 is 0.404 bits per heavy atom. The van der Waals surface area contributed by atoms with Crippen LogP contribution in [-0.2, 0) is 5.41 Å². The number of hydrogen-bond donors (Lipinski definition) is 0. The smallest absolute Gasteiger partial charge is 0.164 e. The number of furan rings is 2. The van der Waals surface area contributed by atoms with Gasteiger partial charge in [-0.05, 0) is 70.8 Å². The quantitative estimate of drug-likeness (QED) is 0.200. The van der Waals surface area contributed by atoms with Crippen molar-refractivity contribution in [2.45, 2.75) is 19.3 Å². The van der Waals surface area contributed by atoms with Gasteiger partial charge in [0, 0.05) is 43.7 Å². The fraction of sp³-hybridized carbons (Fsp3) is 0.0714. The average molecular weight is 606 g/mol. The average Bonchev–Trinajstić information content (AvgIpc) is 3.74. The minimum atomic E-state index is -0.223. The van der Waals surface area contributed by atoms with E-state index in [1.165, 1.54) is 22.3 Å². The predicted octanol–water partition coefficient (Wildman–Crippen LogP) is 11.0. The normalized spacial score (nSPS) is 13.5. The highest BCUT2D eigenvalue weighted by Gasteiger charge is 2.36. The van der Waals surface area contributed by atoms with E-state index >= 15 is 0 Å². The van der Waals surface area contributed by atoms with Gasteiger partial charge in [0.15, 0.2) is 17.5 Å². The van der Waals surface area contributed by atoms with Gasteiger partial charge in [0.05, 0.1) is 0 Å². The van der Waals surface area contributed by atoms with E-state index < -0.39 is 0 Å². The van der Waals surface area contributed by atoms with Gasteiger partial charge < -0.3 is 8.83 Å². The predicted molar refractivity (Wildman–Crippen MR) is 188 cm³/mol. The van der Waals surface area contributed by atoms with E-state index in [1.807, 2.05) is 72.8 Å². The summed E-state index contributed by atoms with van der Waals surface area (Å²) in [5, 5.41) is 4.40. The summed E-state index contributed by atoms with van der Waals surface area (Å²) >= 11 is 0. The fourth-order valence-electron chi connectivity index (χ4n) is 7.31. The van der Waals surface area contributed by atoms with Crippen LogP contribution in [0, 0.1) is 0 Å². The van der Waals surface area contributed by atoms with Crippen LogP contribution in [0.3, 0.4) is 0 Å². The highest BCUT2D eigenvalue weighted by Crippen LogP contribution is 2.51. The Morgan fingerprint density at radius 2 is 0.936 bits per heavy atom. The number of para-hydroxylation sites is 2. The van der Waals surface area contributed by atoms with E-state index in [9.17, 15) is 0 Å². The largest absolute Gasteiger partial charge is 0.456 e. The van der Waals surface area contributed by atoms with E-state index in [-0.39, 0.29) is 5.41 Å². The molecule has 10 rings (SSSR count). The lowest BCUT2D eigenvalue weighted by Crippen LogP contribution is -2.15. The summed E-state index contributed by atoms with van der Waals surface area (Å²) in [7, 11) is 0. The maximum Gasteiger partial charge on any atom is 0.164 e. The van der Waals surface area contributed by atoms with Gasteiger partial charge in [-0.3, -0.25) is 0 Å². The zero-order valence-electron chi connectivity index (χ0n) is 25.8. The van der Waals surface area contributed by atoms with Crippen LogP contribution in [0.5, 0.6) is 0 Å². The van der Waals surface area contributed by atoms with E-state index in [1.54, 1.807) is 0 Å². The molecule has 5 heteroatoms. The molecular weight excluding hydrogens is 578 g/mol. The summed E-state index contributed by atoms with van der Waals surface area (Å²) in [6.45, 7) is 4.60. The van der Waals surface area contributed by atoms with Crippen molar-refractivity contribution in [1.82, 2.24) is 15.0 Å². The van der Waals surface area contributed by atoms with Crippen LogP contribution in [0.2, 0.25) is 0 Å². The molecule has 9 aromatic rings. The molecule has 0 saturated carbocycles. The molecule has 1 aliphatic carbocycles. The van der Waals surface area contributed by atoms with Gasteiger partial charge in [-0.1, -0.05) is 92.7 Å². The second kappa shape index (κ2) is 9.47. The van der Waals surface area contributed by atoms with Gasteiger partial charge in [-0.2, -0.15) is 0 Å². The Kier molecular flexibility index (Phi) is 5.28. The second-order valence-electron chi connectivity index (χ2n) is 12.9. The van der Waals surface area contributed by atoms with Crippen LogP contribution in [0.1, 0.15) is 25.0 Å². The number of fused-ring (bicyclic) bond motifs is 9. The fourth-order valence-corrected chi connectivity index (χ4v) is 7.31. The van der Waals surface area contributed by atoms with Crippen LogP contribution in [0.4, 0.5) is 0 Å². The van der Waals surface area contributed by atoms with Crippen molar-refractivity contribution in [3.8, 4) is 45.3 Å². The van der Waals surface area contributed by atoms with Crippen molar-refractivity contribution in [3.63, 3.8) is 0 Å². The highest BCUT2D eigenvalue weighted by molar-refractivity contribution is 6.08. The van der Waals surface area contributed by atoms with Gasteiger partial charge >= 0.3 is 0 Å². The lowest BCUT2D eigenvalue weighted by atomic mass is 9.81. The Bertz CT molecular complexity index is 2720. The third-order valence-corrected chi connectivity index (χ3v) is 9.73. The van der Waals surface area contributed by atoms with Gasteiger partial charge in [0.25, 0.3) is 0 Å². The first-order chi connectivity index (χ1) is 23.0. The van der Waals surface area contributed by atoms with Crippen LogP contribution >= 0.6 is 0 Å². The lowest BCUT2D eigenvalue weighted by Gasteiger charge is -2.22. The standard InChI is InChI=1S/C42H27N3O2/c1-42(2)33-21-26(16-18-27(33)30-23-38-32(22-34(30)42)29-13-7-9-15-36(29)47-38)41-44-39(24-10-4-3-5-11-24)43-40(45-41)25-17-19-37-31(20-25)28-12-6-8-14-35(28)46-37/h3-23H,1-2H3. The number of nitrogens with zero attached hydrogens (tertiary/aromatic N) is 3. The second-order valence-corrected chi connectivity index (χ2v) is 12.9. The SMILES string of the molecule is CC1(C)c2cc(-c3nc(-c4ccccc4)nc(-c4ccc5oc6ccccc6c5c4)n3)ccc2-c2cc3oc4ccccc4c3cc21. The van der Waals surface area contributed by atoms with Crippen LogP contribution in [0.25, 0.3) is 89.2 Å². The summed E-state index contributed by atoms with van der Waals surface area (Å²) in [6, 6.07) is 43.8. The van der Waals surface area contributed by atoms with Gasteiger partial charge in [-0.15, -0.1) is 0 Å². The monoisotopic (exact) mass is 605 g/mol. The summed E-state index contributed by atoms with van der Waals surface area (Å²) < 4.78 is 12.4. The molecule has 0 aliphatic heterocycles. The third kappa shape index (κ3) is 3.86. The molecule has 6 aromatic carbocycles. The minimum absolute atomic E-state index is 0.223. The zero-order valence-corrected chi connectivity index (χ0v) is 25.8. The molecule has 0 bridgehead atoms. The van der Waals surface area contributed by atoms with E-state index in [0.717, 1.165) is 60.6 Å². The summed E-state index contributed by atoms with van der Waals surface area (Å²) in [6.07, 6.45) is 0. The maximum atomic E-state index is 6.28. The van der Waals surface area contributed by atoms with Crippen molar-refractivity contribution in [3.05, 3.63) is 139 Å². The molecule has 0 fully saturated rings. The summed E-state index contributed by atoms with van der Waals surface area (Å²) in [5.74, 6) is 1.90. The topological polar surface area (TPSA) is 65.0 Å². The maximum absolute atomic E-state index is 6.28. The first kappa shape index (κ1) is 26.2. The molecule has 0 radical (unpaired) electrons. The zero-order chi connectivity index (χ0) is 31.3. The Hall–Kier alpha value is -6.07. The molecule has 3 aromatic heterocycles. The molecule has 0 saturated heterocycles. The summed E-state index contributed by atoms with van der Waals surface area (Å²) in [4.78, 5) is 15.1. The van der Waals surface area contributed by atoms with Crippen LogP contribution < -0.4 is 0 Å². The lowest BCUT2D eigenvalue weighted by molar-refractivity contribution is 0.658. The van der Waals surface area contributed by atoms with Crippen LogP contribution in [0.15, 0.2) is 136 Å². The first-order valence-corrected chi connectivity index (χ1v) is 15.9. The number of hydrogen-bond acceptors (Lipinski definition) is 5. The molecule has 3 heterocycles. The molecule has 222 valence electrons. The van der Waals surface area contributed by atoms with Crippen molar-refractivity contribution in [1.29, 1.82) is 0 Å². The first-order valence-electron chi connectivity index (χ1n) is 15.9. The molecule has 0 amide bonds. The number of benzene rings is 6. The molecule has 1 aliphatic rings. The van der Waals surface area contributed by atoms with E-state index in [2.05, 4.69) is 68.4 Å². The summed E-state index contributed by atoms with van der Waals surface area (Å²) in [5.41, 5.74) is 11.1. The molecule has 0 spiro atoms. The Labute approximate surface area is 270 Å². The molecule has 0 N–H and O–H groups in total. The highest BCUT2D eigenvalue weighted by atomic mass is 16.3. The van der Waals surface area contributed by atoms with Gasteiger partial charge in [0.1, 0.15) is 22.3 Å². The third-order valence-electron chi connectivity index (χ3n) is 9.73. The van der Waals surface area contributed by atoms with Gasteiger partial charge in [0.2, 0.25) is 0 Å². The van der Waals surface area contributed by atoms with Crippen LogP contribution in [-0.4, -0.2) is 15.0 Å². The minimum Gasteiger partial charge on any atom is -0.456 e. The molecular formula is C42H27N3O2. The van der Waals surface area contributed by atoms with Crippen molar-refractivity contribution >= 4 is 43.9 Å². The Balaban J connectivity index is 1.14. The Morgan fingerprint density at radius 3 is 1.66 bits per heavy atom. The molecule has 5 nitrogen and oxygen atoms in total. The number of aromatic nitrogens is 3. The molecule has 47 heavy (non-hydrogen) atoms.